The highest BCUT2D eigenvalue weighted by Gasteiger charge is 2.10. The van der Waals surface area contributed by atoms with Crippen LogP contribution in [0.3, 0.4) is 0 Å². The van der Waals surface area contributed by atoms with Gasteiger partial charge in [0.1, 0.15) is 11.2 Å². The Morgan fingerprint density at radius 1 is 1.50 bits per heavy atom. The number of amides is 3. The molecule has 2 rings (SSSR count). The molecule has 0 atom stereocenters. The molecule has 18 heavy (non-hydrogen) atoms. The number of nitrogens with zero attached hydrogens (tertiary/aromatic N) is 2. The first-order valence-electron chi connectivity index (χ1n) is 5.06. The van der Waals surface area contributed by atoms with Crippen LogP contribution in [0, 0.1) is 0 Å². The molecule has 0 spiro atoms. The maximum atomic E-state index is 11.9. The number of imide groups is 1. The molecule has 2 heterocycles. The fraction of sp³-hybridized carbons (Fsp3) is 0.200. The Hall–Kier alpha value is -2.22. The maximum absolute atomic E-state index is 11.9. The molecule has 0 aliphatic heterocycles. The molecule has 0 radical (unpaired) electrons. The van der Waals surface area contributed by atoms with E-state index in [0.717, 1.165) is 4.57 Å². The van der Waals surface area contributed by atoms with Crippen molar-refractivity contribution in [3.05, 3.63) is 28.1 Å². The van der Waals surface area contributed by atoms with Crippen molar-refractivity contribution in [2.24, 2.45) is 0 Å². The minimum Gasteiger partial charge on any atom is -0.341 e. The number of hydrogen-bond acceptors (Lipinski definition) is 5. The molecular formula is C10H10N4O3S. The number of fused-ring (bicyclic) bond motifs is 1. The smallest absolute Gasteiger partial charge is 0.321 e. The van der Waals surface area contributed by atoms with Crippen LogP contribution in [-0.4, -0.2) is 28.5 Å². The first kappa shape index (κ1) is 12.2. The third-order valence-electron chi connectivity index (χ3n) is 2.23. The molecule has 0 aliphatic rings. The summed E-state index contributed by atoms with van der Waals surface area (Å²) in [6, 6.07) is 1.12. The van der Waals surface area contributed by atoms with Crippen molar-refractivity contribution in [3.8, 4) is 0 Å². The number of aromatic nitrogens is 2. The van der Waals surface area contributed by atoms with Crippen LogP contribution in [0.25, 0.3) is 10.2 Å². The normalized spacial score (nSPS) is 10.3. The lowest BCUT2D eigenvalue weighted by molar-refractivity contribution is -0.120. The van der Waals surface area contributed by atoms with Crippen LogP contribution >= 0.6 is 11.3 Å². The Kier molecular flexibility index (Phi) is 3.38. The molecule has 0 bridgehead atoms. The van der Waals surface area contributed by atoms with Crippen molar-refractivity contribution < 1.29 is 9.59 Å². The van der Waals surface area contributed by atoms with Gasteiger partial charge in [-0.05, 0) is 11.4 Å². The highest BCUT2D eigenvalue weighted by Crippen LogP contribution is 2.12. The molecule has 7 nitrogen and oxygen atoms in total. The number of hydrogen-bond donors (Lipinski definition) is 2. The Bertz CT molecular complexity index is 660. The van der Waals surface area contributed by atoms with Crippen molar-refractivity contribution in [1.82, 2.24) is 20.2 Å². The van der Waals surface area contributed by atoms with Gasteiger partial charge >= 0.3 is 6.03 Å². The Morgan fingerprint density at radius 2 is 2.28 bits per heavy atom. The van der Waals surface area contributed by atoms with Crippen LogP contribution in [0.1, 0.15) is 0 Å². The summed E-state index contributed by atoms with van der Waals surface area (Å²) in [5, 5.41) is 6.08. The monoisotopic (exact) mass is 266 g/mol. The molecular weight excluding hydrogens is 256 g/mol. The van der Waals surface area contributed by atoms with E-state index >= 15 is 0 Å². The summed E-state index contributed by atoms with van der Waals surface area (Å²) in [4.78, 5) is 38.4. The zero-order valence-corrected chi connectivity index (χ0v) is 10.3. The van der Waals surface area contributed by atoms with E-state index in [9.17, 15) is 14.4 Å². The minimum atomic E-state index is -0.613. The molecule has 0 fully saturated rings. The number of thiophene rings is 1. The second kappa shape index (κ2) is 4.96. The largest absolute Gasteiger partial charge is 0.341 e. The standard InChI is InChI=1S/C10H10N4O3S/c1-11-10(17)13-7(15)4-14-5-12-6-2-3-18-8(6)9(14)16/h2-3,5H,4H2,1H3,(H2,11,13,15,17). The van der Waals surface area contributed by atoms with Gasteiger partial charge in [-0.3, -0.25) is 19.5 Å². The van der Waals surface area contributed by atoms with E-state index in [1.165, 1.54) is 24.7 Å². The van der Waals surface area contributed by atoms with Crippen LogP contribution < -0.4 is 16.2 Å². The number of rotatable bonds is 2. The Labute approximate surface area is 105 Å². The summed E-state index contributed by atoms with van der Waals surface area (Å²) < 4.78 is 1.65. The zero-order valence-electron chi connectivity index (χ0n) is 9.47. The molecule has 2 aromatic rings. The third kappa shape index (κ3) is 2.38. The summed E-state index contributed by atoms with van der Waals surface area (Å²) in [6.45, 7) is -0.243. The van der Waals surface area contributed by atoms with Gasteiger partial charge in [0.25, 0.3) is 5.56 Å². The Balaban J connectivity index is 2.22. The van der Waals surface area contributed by atoms with Crippen molar-refractivity contribution >= 4 is 33.5 Å². The summed E-state index contributed by atoms with van der Waals surface area (Å²) >= 11 is 1.27. The number of urea groups is 1. The highest BCUT2D eigenvalue weighted by molar-refractivity contribution is 7.17. The van der Waals surface area contributed by atoms with Crippen molar-refractivity contribution in [1.29, 1.82) is 0 Å². The number of nitrogens with one attached hydrogen (secondary N) is 2. The van der Waals surface area contributed by atoms with Gasteiger partial charge in [0.2, 0.25) is 5.91 Å². The van der Waals surface area contributed by atoms with Gasteiger partial charge in [-0.25, -0.2) is 9.78 Å². The second-order valence-electron chi connectivity index (χ2n) is 3.44. The first-order valence-corrected chi connectivity index (χ1v) is 5.94. The highest BCUT2D eigenvalue weighted by atomic mass is 32.1. The van der Waals surface area contributed by atoms with Crippen LogP contribution in [-0.2, 0) is 11.3 Å². The lowest BCUT2D eigenvalue weighted by Crippen LogP contribution is -2.40. The van der Waals surface area contributed by atoms with Crippen LogP contribution in [0.4, 0.5) is 4.79 Å². The van der Waals surface area contributed by atoms with E-state index in [1.54, 1.807) is 11.4 Å². The number of carbonyl (C=O) groups excluding carboxylic acids is 2. The van der Waals surface area contributed by atoms with E-state index in [1.807, 2.05) is 0 Å². The van der Waals surface area contributed by atoms with Crippen LogP contribution in [0.2, 0.25) is 0 Å². The van der Waals surface area contributed by atoms with Gasteiger partial charge in [-0.15, -0.1) is 11.3 Å². The quantitative estimate of drug-likeness (QED) is 0.794. The molecule has 94 valence electrons. The summed E-state index contributed by atoms with van der Waals surface area (Å²) in [5.41, 5.74) is 0.315. The van der Waals surface area contributed by atoms with Gasteiger partial charge in [0, 0.05) is 7.05 Å². The molecule has 2 aromatic heterocycles. The van der Waals surface area contributed by atoms with Gasteiger partial charge in [0.15, 0.2) is 0 Å². The second-order valence-corrected chi connectivity index (χ2v) is 4.36. The van der Waals surface area contributed by atoms with Crippen LogP contribution in [0.5, 0.6) is 0 Å². The van der Waals surface area contributed by atoms with Gasteiger partial charge < -0.3 is 5.32 Å². The van der Waals surface area contributed by atoms with Crippen molar-refractivity contribution in [2.75, 3.05) is 7.05 Å². The molecule has 0 aliphatic carbocycles. The Morgan fingerprint density at radius 3 is 3.00 bits per heavy atom. The molecule has 2 N–H and O–H groups in total. The fourth-order valence-electron chi connectivity index (χ4n) is 1.37. The van der Waals surface area contributed by atoms with E-state index < -0.39 is 11.9 Å². The molecule has 8 heteroatoms. The zero-order chi connectivity index (χ0) is 13.1. The van der Waals surface area contributed by atoms with Crippen LogP contribution in [0.15, 0.2) is 22.6 Å². The molecule has 3 amide bonds. The first-order chi connectivity index (χ1) is 8.61. The van der Waals surface area contributed by atoms with Gasteiger partial charge in [-0.1, -0.05) is 0 Å². The molecule has 0 saturated heterocycles. The van der Waals surface area contributed by atoms with E-state index in [2.05, 4.69) is 15.6 Å². The van der Waals surface area contributed by atoms with E-state index in [-0.39, 0.29) is 12.1 Å². The summed E-state index contributed by atoms with van der Waals surface area (Å²) in [6.07, 6.45) is 1.29. The molecule has 0 unspecified atom stereocenters. The van der Waals surface area contributed by atoms with Crippen molar-refractivity contribution in [3.63, 3.8) is 0 Å². The predicted octanol–water partition coefficient (Wildman–Crippen LogP) is -0.0864. The maximum Gasteiger partial charge on any atom is 0.321 e. The third-order valence-corrected chi connectivity index (χ3v) is 3.12. The average Bonchev–Trinajstić information content (AvgIpc) is 2.81. The summed E-state index contributed by atoms with van der Waals surface area (Å²) in [5.74, 6) is -0.575. The van der Waals surface area contributed by atoms with Gasteiger partial charge in [0.05, 0.1) is 11.8 Å². The molecule has 0 saturated carbocycles. The number of carbonyl (C=O) groups is 2. The van der Waals surface area contributed by atoms with E-state index in [4.69, 9.17) is 0 Å². The molecule has 0 aromatic carbocycles. The van der Waals surface area contributed by atoms with Crippen molar-refractivity contribution in [2.45, 2.75) is 6.54 Å². The topological polar surface area (TPSA) is 93.1 Å². The average molecular weight is 266 g/mol. The van der Waals surface area contributed by atoms with E-state index in [0.29, 0.717) is 10.2 Å². The summed E-state index contributed by atoms with van der Waals surface area (Å²) in [7, 11) is 1.40. The lowest BCUT2D eigenvalue weighted by Gasteiger charge is -2.05. The SMILES string of the molecule is CNC(=O)NC(=O)Cn1cnc2ccsc2c1=O. The fourth-order valence-corrected chi connectivity index (χ4v) is 2.17. The predicted molar refractivity (Wildman–Crippen MR) is 66.5 cm³/mol. The lowest BCUT2D eigenvalue weighted by atomic mass is 10.4. The van der Waals surface area contributed by atoms with Gasteiger partial charge in [-0.2, -0.15) is 0 Å². The minimum absolute atomic E-state index is 0.243.